The number of rotatable bonds is 25. The summed E-state index contributed by atoms with van der Waals surface area (Å²) in [6.07, 6.45) is 0.726. The Bertz CT molecular complexity index is 2680. The van der Waals surface area contributed by atoms with E-state index in [1.807, 2.05) is 0 Å². The van der Waals surface area contributed by atoms with E-state index in [2.05, 4.69) is 36.9 Å². The topological polar surface area (TPSA) is 357 Å². The molecular weight excluding hydrogens is 919 g/mol. The molecule has 15 N–H and O–H groups in total. The molecule has 0 unspecified atom stereocenters. The Morgan fingerprint density at radius 3 is 1.49 bits per heavy atom. The quantitative estimate of drug-likeness (QED) is 0.0378. The Kier molecular flexibility index (Phi) is 19.0. The molecule has 0 saturated heterocycles. The predicted octanol–water partition coefficient (Wildman–Crippen LogP) is 0.429. The smallest absolute Gasteiger partial charge is 0.322 e. The molecule has 0 bridgehead atoms. The minimum Gasteiger partial charge on any atom is -0.508 e. The van der Waals surface area contributed by atoms with Crippen molar-refractivity contribution in [1.29, 1.82) is 0 Å². The maximum absolute atomic E-state index is 14.6. The van der Waals surface area contributed by atoms with Crippen molar-refractivity contribution in [3.05, 3.63) is 126 Å². The van der Waals surface area contributed by atoms with E-state index in [9.17, 15) is 58.8 Å². The van der Waals surface area contributed by atoms with Crippen LogP contribution in [0, 0.1) is 5.92 Å². The number of aromatic nitrogens is 1. The van der Waals surface area contributed by atoms with E-state index in [0.717, 1.165) is 10.9 Å². The summed E-state index contributed by atoms with van der Waals surface area (Å²) in [5, 5.41) is 55.0. The van der Waals surface area contributed by atoms with Crippen molar-refractivity contribution >= 4 is 58.2 Å². The number of aliphatic carboxylic acids is 1. The molecule has 0 aliphatic heterocycles. The standard InChI is InChI=1S/C50H59N9O12/c1-3-27(2)44(59-45(66)36(51)20-28-8-14-32(60)15-9-28)50(71)58-41(24-42(52)63)49(70)56-38(21-29-10-16-33(61)17-11-29)47(68)55-39(22-30-12-18-34(62)19-13-30)48(69)57-40(46(67)54-26-43(64)65)23-31-25-53-37-7-5-4-6-35(31)37/h4-19,25,27,36,38-41,44,53,60-62H,3,20-24,26,51H2,1-2H3,(H2,52,63)(H,54,67)(H,55,68)(H,56,70)(H,57,69)(H,58,71)(H,59,66)(H,64,65)/t27-,36-,38-,39-,40-,41-,44-/m0/s1. The van der Waals surface area contributed by atoms with Crippen molar-refractivity contribution in [2.45, 2.75) is 88.6 Å². The second-order valence-electron chi connectivity index (χ2n) is 17.2. The highest BCUT2D eigenvalue weighted by Gasteiger charge is 2.35. The zero-order valence-corrected chi connectivity index (χ0v) is 39.0. The van der Waals surface area contributed by atoms with Crippen molar-refractivity contribution in [1.82, 2.24) is 36.9 Å². The van der Waals surface area contributed by atoms with E-state index >= 15 is 0 Å². The molecule has 0 aliphatic rings. The number of nitrogens with one attached hydrogen (secondary N) is 7. The normalized spacial score (nSPS) is 14.0. The maximum Gasteiger partial charge on any atom is 0.322 e. The summed E-state index contributed by atoms with van der Waals surface area (Å²) in [6.45, 7) is 2.68. The molecule has 0 spiro atoms. The van der Waals surface area contributed by atoms with Gasteiger partial charge < -0.3 is 68.8 Å². The number of benzene rings is 4. The van der Waals surface area contributed by atoms with Gasteiger partial charge in [0, 0.05) is 36.4 Å². The third kappa shape index (κ3) is 16.1. The number of phenols is 3. The molecule has 7 atom stereocenters. The highest BCUT2D eigenvalue weighted by atomic mass is 16.4. The zero-order chi connectivity index (χ0) is 51.8. The van der Waals surface area contributed by atoms with Crippen molar-refractivity contribution in [2.24, 2.45) is 17.4 Å². The molecule has 1 aromatic heterocycles. The molecule has 0 radical (unpaired) electrons. The van der Waals surface area contributed by atoms with Crippen LogP contribution in [-0.4, -0.2) is 116 Å². The first-order chi connectivity index (χ1) is 33.8. The largest absolute Gasteiger partial charge is 0.508 e. The average molecular weight is 978 g/mol. The number of amides is 7. The molecule has 0 fully saturated rings. The number of aromatic hydroxyl groups is 3. The van der Waals surface area contributed by atoms with E-state index in [0.29, 0.717) is 28.7 Å². The van der Waals surface area contributed by atoms with E-state index in [1.54, 1.807) is 56.4 Å². The Labute approximate surface area is 408 Å². The number of carbonyl (C=O) groups is 8. The lowest BCUT2D eigenvalue weighted by Crippen LogP contribution is -2.61. The fourth-order valence-corrected chi connectivity index (χ4v) is 7.60. The second-order valence-corrected chi connectivity index (χ2v) is 17.2. The van der Waals surface area contributed by atoms with Crippen LogP contribution in [0.1, 0.15) is 48.9 Å². The number of hydrogen-bond donors (Lipinski definition) is 13. The van der Waals surface area contributed by atoms with Crippen LogP contribution in [-0.2, 0) is 64.0 Å². The number of phenolic OH excluding ortho intramolecular Hbond substituents is 3. The summed E-state index contributed by atoms with van der Waals surface area (Å²) in [4.78, 5) is 111. The van der Waals surface area contributed by atoms with E-state index < -0.39 is 102 Å². The van der Waals surface area contributed by atoms with Gasteiger partial charge in [0.1, 0.15) is 54.0 Å². The predicted molar refractivity (Wildman–Crippen MR) is 259 cm³/mol. The summed E-state index contributed by atoms with van der Waals surface area (Å²) in [6, 6.07) is 16.1. The number of carbonyl (C=O) groups excluding carboxylic acids is 7. The summed E-state index contributed by atoms with van der Waals surface area (Å²) >= 11 is 0. The first-order valence-corrected chi connectivity index (χ1v) is 22.7. The van der Waals surface area contributed by atoms with E-state index in [-0.39, 0.29) is 42.9 Å². The molecule has 376 valence electrons. The number of fused-ring (bicyclic) bond motifs is 1. The van der Waals surface area contributed by atoms with E-state index in [4.69, 9.17) is 11.5 Å². The molecular formula is C50H59N9O12. The minimum atomic E-state index is -1.70. The first kappa shape index (κ1) is 53.5. The monoisotopic (exact) mass is 977 g/mol. The van der Waals surface area contributed by atoms with Crippen LogP contribution < -0.4 is 43.4 Å². The number of primary amides is 1. The van der Waals surface area contributed by atoms with Gasteiger partial charge in [0.05, 0.1) is 12.5 Å². The Morgan fingerprint density at radius 2 is 1.01 bits per heavy atom. The lowest BCUT2D eigenvalue weighted by atomic mass is 9.96. The van der Waals surface area contributed by atoms with Crippen LogP contribution >= 0.6 is 0 Å². The Hall–Kier alpha value is -8.46. The highest BCUT2D eigenvalue weighted by molar-refractivity contribution is 5.98. The minimum absolute atomic E-state index is 0.0194. The summed E-state index contributed by atoms with van der Waals surface area (Å²) in [5.74, 6) is -8.35. The van der Waals surface area contributed by atoms with E-state index in [1.165, 1.54) is 60.7 Å². The molecule has 0 aliphatic carbocycles. The van der Waals surface area contributed by atoms with Crippen LogP contribution in [0.4, 0.5) is 0 Å². The van der Waals surface area contributed by atoms with Gasteiger partial charge in [-0.15, -0.1) is 0 Å². The van der Waals surface area contributed by atoms with Gasteiger partial charge in [-0.25, -0.2) is 0 Å². The number of hydrogen-bond acceptors (Lipinski definition) is 12. The SMILES string of the molecule is CC[C@H](C)[C@H](NC(=O)[C@@H](N)Cc1ccc(O)cc1)C(=O)N[C@@H](CC(N)=O)C(=O)N[C@@H](Cc1ccc(O)cc1)C(=O)N[C@@H](Cc1ccc(O)cc1)C(=O)N[C@@H](Cc1c[nH]c2ccccc12)C(=O)NCC(=O)O. The molecule has 7 amide bonds. The van der Waals surface area contributed by atoms with Crippen LogP contribution in [0.15, 0.2) is 103 Å². The number of H-pyrrole nitrogens is 1. The van der Waals surface area contributed by atoms with Crippen LogP contribution in [0.5, 0.6) is 17.2 Å². The first-order valence-electron chi connectivity index (χ1n) is 22.7. The Balaban J connectivity index is 1.42. The van der Waals surface area contributed by atoms with Crippen LogP contribution in [0.2, 0.25) is 0 Å². The molecule has 0 saturated carbocycles. The van der Waals surface area contributed by atoms with Crippen LogP contribution in [0.25, 0.3) is 10.9 Å². The van der Waals surface area contributed by atoms with Gasteiger partial charge >= 0.3 is 5.97 Å². The lowest BCUT2D eigenvalue weighted by Gasteiger charge is -2.28. The number of nitrogens with two attached hydrogens (primary N) is 2. The van der Waals surface area contributed by atoms with Crippen molar-refractivity contribution < 1.29 is 58.8 Å². The molecule has 5 aromatic rings. The number of carboxylic acid groups (broad SMARTS) is 1. The summed E-state index contributed by atoms with van der Waals surface area (Å²) < 4.78 is 0. The molecule has 1 heterocycles. The van der Waals surface area contributed by atoms with Crippen LogP contribution in [0.3, 0.4) is 0 Å². The van der Waals surface area contributed by atoms with Gasteiger partial charge in [0.2, 0.25) is 41.4 Å². The third-order valence-electron chi connectivity index (χ3n) is 11.7. The Morgan fingerprint density at radius 1 is 0.563 bits per heavy atom. The molecule has 71 heavy (non-hydrogen) atoms. The van der Waals surface area contributed by atoms with Gasteiger partial charge in [-0.1, -0.05) is 74.9 Å². The van der Waals surface area contributed by atoms with Crippen molar-refractivity contribution in [3.8, 4) is 17.2 Å². The average Bonchev–Trinajstić information content (AvgIpc) is 3.75. The highest BCUT2D eigenvalue weighted by Crippen LogP contribution is 2.20. The number of aromatic amines is 1. The summed E-state index contributed by atoms with van der Waals surface area (Å²) in [7, 11) is 0. The van der Waals surface area contributed by atoms with Gasteiger partial charge in [-0.3, -0.25) is 38.4 Å². The molecule has 4 aromatic carbocycles. The fourth-order valence-electron chi connectivity index (χ4n) is 7.60. The van der Waals surface area contributed by atoms with Crippen molar-refractivity contribution in [3.63, 3.8) is 0 Å². The van der Waals surface area contributed by atoms with Gasteiger partial charge in [0.25, 0.3) is 0 Å². The van der Waals surface area contributed by atoms with Gasteiger partial charge in [-0.05, 0) is 77.1 Å². The number of carboxylic acids is 1. The van der Waals surface area contributed by atoms with Gasteiger partial charge in [-0.2, -0.15) is 0 Å². The number of para-hydroxylation sites is 1. The van der Waals surface area contributed by atoms with Crippen molar-refractivity contribution in [2.75, 3.05) is 6.54 Å². The molecule has 5 rings (SSSR count). The molecule has 21 nitrogen and oxygen atoms in total. The van der Waals surface area contributed by atoms with Gasteiger partial charge in [0.15, 0.2) is 0 Å². The second kappa shape index (κ2) is 25.2. The molecule has 21 heteroatoms. The maximum atomic E-state index is 14.6. The zero-order valence-electron chi connectivity index (χ0n) is 39.0. The third-order valence-corrected chi connectivity index (χ3v) is 11.7. The summed E-state index contributed by atoms with van der Waals surface area (Å²) in [5.41, 5.74) is 14.6. The fraction of sp³-hybridized carbons (Fsp3) is 0.320. The lowest BCUT2D eigenvalue weighted by molar-refractivity contribution is -0.138.